The molecular weight excluding hydrogens is 674 g/mol. The monoisotopic (exact) mass is 705 g/mol. The zero-order valence-electron chi connectivity index (χ0n) is 26.8. The molecule has 0 aliphatic rings. The molecule has 0 saturated heterocycles. The first-order chi connectivity index (χ1) is 24.2. The Morgan fingerprint density at radius 2 is 1.48 bits per heavy atom. The van der Waals surface area contributed by atoms with Gasteiger partial charge in [-0.2, -0.15) is 0 Å². The van der Waals surface area contributed by atoms with Crippen LogP contribution in [-0.2, 0) is 9.59 Å². The standard InChI is InChI=1S/C39H32ClN3O6S/c1-2-49-30-19-16-25(17-20-30)22-34(43-36(44)27-12-7-4-8-13-27)37(45)41-28-14-9-15-31(23-28)50-35(26-10-5-3-6-11-26)38(46)42-29-18-21-33(40)32(24-29)39(47)48/h3-24,35H,2H2,1H3,(H,41,45)(H,42,46)(H,43,44)(H,47,48)/b34-22+. The van der Waals surface area contributed by atoms with Crippen molar-refractivity contribution in [1.82, 2.24) is 5.32 Å². The smallest absolute Gasteiger partial charge is 0.337 e. The molecule has 5 aromatic carbocycles. The molecule has 0 bridgehead atoms. The van der Waals surface area contributed by atoms with Crippen molar-refractivity contribution < 1.29 is 29.0 Å². The van der Waals surface area contributed by atoms with E-state index in [-0.39, 0.29) is 22.0 Å². The molecule has 0 aliphatic carbocycles. The summed E-state index contributed by atoms with van der Waals surface area (Å²) in [5.41, 5.74) is 2.37. The third-order valence-electron chi connectivity index (χ3n) is 7.18. The number of ether oxygens (including phenoxy) is 1. The molecule has 9 nitrogen and oxygen atoms in total. The summed E-state index contributed by atoms with van der Waals surface area (Å²) in [5, 5.41) is 17.2. The van der Waals surface area contributed by atoms with E-state index in [0.29, 0.717) is 39.6 Å². The topological polar surface area (TPSA) is 134 Å². The lowest BCUT2D eigenvalue weighted by Gasteiger charge is -2.18. The normalized spacial score (nSPS) is 11.6. The average Bonchev–Trinajstić information content (AvgIpc) is 3.12. The van der Waals surface area contributed by atoms with Gasteiger partial charge in [0.2, 0.25) is 5.91 Å². The van der Waals surface area contributed by atoms with Gasteiger partial charge in [0.05, 0.1) is 17.2 Å². The van der Waals surface area contributed by atoms with Gasteiger partial charge in [-0.1, -0.05) is 78.3 Å². The highest BCUT2D eigenvalue weighted by molar-refractivity contribution is 8.00. The van der Waals surface area contributed by atoms with Crippen molar-refractivity contribution in [2.45, 2.75) is 17.1 Å². The Hall–Kier alpha value is -5.84. The maximum absolute atomic E-state index is 13.7. The Labute approximate surface area is 298 Å². The lowest BCUT2D eigenvalue weighted by atomic mass is 10.1. The first-order valence-corrected chi connectivity index (χ1v) is 16.7. The molecule has 4 N–H and O–H groups in total. The molecule has 0 saturated carbocycles. The Balaban J connectivity index is 1.38. The van der Waals surface area contributed by atoms with Crippen LogP contribution in [0.1, 0.15) is 44.0 Å². The van der Waals surface area contributed by atoms with Gasteiger partial charge in [-0.3, -0.25) is 14.4 Å². The molecule has 5 aromatic rings. The van der Waals surface area contributed by atoms with E-state index in [1.165, 1.54) is 30.0 Å². The minimum absolute atomic E-state index is 0.0197. The molecular formula is C39H32ClN3O6S. The number of halogens is 1. The Bertz CT molecular complexity index is 2020. The van der Waals surface area contributed by atoms with Crippen molar-refractivity contribution in [3.63, 3.8) is 0 Å². The lowest BCUT2D eigenvalue weighted by molar-refractivity contribution is -0.116. The Kier molecular flexibility index (Phi) is 12.1. The number of hydrogen-bond donors (Lipinski definition) is 4. The van der Waals surface area contributed by atoms with Gasteiger partial charge in [0, 0.05) is 21.8 Å². The zero-order valence-corrected chi connectivity index (χ0v) is 28.3. The van der Waals surface area contributed by atoms with E-state index in [4.69, 9.17) is 16.3 Å². The number of anilines is 2. The van der Waals surface area contributed by atoms with Crippen molar-refractivity contribution >= 4 is 64.5 Å². The molecule has 0 heterocycles. The van der Waals surface area contributed by atoms with Gasteiger partial charge in [-0.15, -0.1) is 11.8 Å². The summed E-state index contributed by atoms with van der Waals surface area (Å²) < 4.78 is 5.52. The summed E-state index contributed by atoms with van der Waals surface area (Å²) in [6, 6.07) is 36.1. The highest BCUT2D eigenvalue weighted by Crippen LogP contribution is 2.37. The van der Waals surface area contributed by atoms with E-state index in [9.17, 15) is 24.3 Å². The van der Waals surface area contributed by atoms with Crippen LogP contribution in [0.4, 0.5) is 11.4 Å². The van der Waals surface area contributed by atoms with Crippen LogP contribution in [0.25, 0.3) is 6.08 Å². The SMILES string of the molecule is CCOc1ccc(/C=C(/NC(=O)c2ccccc2)C(=O)Nc2cccc(SC(C(=O)Nc3ccc(Cl)c(C(=O)O)c3)c3ccccc3)c2)cc1. The maximum Gasteiger partial charge on any atom is 0.337 e. The summed E-state index contributed by atoms with van der Waals surface area (Å²) >= 11 is 7.26. The molecule has 0 aromatic heterocycles. The second-order valence-corrected chi connectivity index (χ2v) is 12.3. The molecule has 50 heavy (non-hydrogen) atoms. The fraction of sp³-hybridized carbons (Fsp3) is 0.0769. The highest BCUT2D eigenvalue weighted by Gasteiger charge is 2.23. The number of amides is 3. The molecule has 0 aliphatic heterocycles. The summed E-state index contributed by atoms with van der Waals surface area (Å²) in [6.07, 6.45) is 1.58. The Morgan fingerprint density at radius 3 is 2.16 bits per heavy atom. The van der Waals surface area contributed by atoms with Gasteiger partial charge in [0.25, 0.3) is 11.8 Å². The first kappa shape index (κ1) is 35.5. The number of nitrogens with one attached hydrogen (secondary N) is 3. The molecule has 11 heteroatoms. The molecule has 1 atom stereocenters. The van der Waals surface area contributed by atoms with Crippen LogP contribution >= 0.6 is 23.4 Å². The van der Waals surface area contributed by atoms with Gasteiger partial charge in [-0.25, -0.2) is 4.79 Å². The highest BCUT2D eigenvalue weighted by atomic mass is 35.5. The summed E-state index contributed by atoms with van der Waals surface area (Å²) in [7, 11) is 0. The minimum Gasteiger partial charge on any atom is -0.494 e. The van der Waals surface area contributed by atoms with Gasteiger partial charge < -0.3 is 25.8 Å². The quantitative estimate of drug-likeness (QED) is 0.0715. The minimum atomic E-state index is -1.21. The number of thioether (sulfide) groups is 1. The fourth-order valence-corrected chi connectivity index (χ4v) is 6.08. The van der Waals surface area contributed by atoms with Gasteiger partial charge in [0.1, 0.15) is 16.7 Å². The maximum atomic E-state index is 13.7. The van der Waals surface area contributed by atoms with Crippen LogP contribution in [0, 0.1) is 0 Å². The molecule has 0 radical (unpaired) electrons. The van der Waals surface area contributed by atoms with Crippen LogP contribution < -0.4 is 20.7 Å². The number of carbonyl (C=O) groups is 4. The third kappa shape index (κ3) is 9.62. The predicted molar refractivity (Wildman–Crippen MR) is 197 cm³/mol. The fourth-order valence-electron chi connectivity index (χ4n) is 4.79. The van der Waals surface area contributed by atoms with E-state index < -0.39 is 28.9 Å². The number of aromatic carboxylic acids is 1. The second kappa shape index (κ2) is 17.0. The van der Waals surface area contributed by atoms with Crippen molar-refractivity contribution in [3.05, 3.63) is 160 Å². The van der Waals surface area contributed by atoms with Crippen molar-refractivity contribution in [3.8, 4) is 5.75 Å². The van der Waals surface area contributed by atoms with E-state index in [0.717, 1.165) is 0 Å². The third-order valence-corrected chi connectivity index (χ3v) is 8.76. The molecule has 0 fully saturated rings. The van der Waals surface area contributed by atoms with Crippen LogP contribution in [0.5, 0.6) is 5.75 Å². The molecule has 252 valence electrons. The van der Waals surface area contributed by atoms with E-state index in [2.05, 4.69) is 16.0 Å². The number of rotatable bonds is 13. The van der Waals surface area contributed by atoms with Crippen molar-refractivity contribution in [1.29, 1.82) is 0 Å². The van der Waals surface area contributed by atoms with Crippen molar-refractivity contribution in [2.24, 2.45) is 0 Å². The van der Waals surface area contributed by atoms with E-state index in [1.807, 2.05) is 43.3 Å². The van der Waals surface area contributed by atoms with E-state index >= 15 is 0 Å². The molecule has 5 rings (SSSR count). The predicted octanol–water partition coefficient (Wildman–Crippen LogP) is 8.32. The van der Waals surface area contributed by atoms with Crippen LogP contribution in [-0.4, -0.2) is 35.4 Å². The number of hydrogen-bond acceptors (Lipinski definition) is 6. The Morgan fingerprint density at radius 1 is 0.800 bits per heavy atom. The van der Waals surface area contributed by atoms with Gasteiger partial charge in [-0.05, 0) is 84.8 Å². The van der Waals surface area contributed by atoms with Gasteiger partial charge in [0.15, 0.2) is 0 Å². The summed E-state index contributed by atoms with van der Waals surface area (Å²) in [5.74, 6) is -1.93. The van der Waals surface area contributed by atoms with Gasteiger partial charge >= 0.3 is 5.97 Å². The molecule has 0 spiro atoms. The van der Waals surface area contributed by atoms with Crippen LogP contribution in [0.15, 0.2) is 138 Å². The average molecular weight is 706 g/mol. The number of carboxylic acids is 1. The van der Waals surface area contributed by atoms with E-state index in [1.54, 1.807) is 78.9 Å². The molecule has 3 amide bonds. The number of carboxylic acid groups (broad SMARTS) is 1. The first-order valence-electron chi connectivity index (χ1n) is 15.5. The zero-order chi connectivity index (χ0) is 35.5. The summed E-state index contributed by atoms with van der Waals surface area (Å²) in [4.78, 5) is 52.7. The largest absolute Gasteiger partial charge is 0.494 e. The molecule has 1 unspecified atom stereocenters. The summed E-state index contributed by atoms with van der Waals surface area (Å²) in [6.45, 7) is 2.40. The van der Waals surface area contributed by atoms with Crippen molar-refractivity contribution in [2.75, 3.05) is 17.2 Å². The van der Waals surface area contributed by atoms with Crippen LogP contribution in [0.3, 0.4) is 0 Å². The second-order valence-electron chi connectivity index (χ2n) is 10.8. The number of carbonyl (C=O) groups excluding carboxylic acids is 3. The van der Waals surface area contributed by atoms with Crippen LogP contribution in [0.2, 0.25) is 5.02 Å². The lowest BCUT2D eigenvalue weighted by Crippen LogP contribution is -2.30. The number of benzene rings is 5.